The lowest BCUT2D eigenvalue weighted by Crippen LogP contribution is -2.49. The normalized spacial score (nSPS) is 22.1. The van der Waals surface area contributed by atoms with Crippen LogP contribution in [0.3, 0.4) is 0 Å². The number of nitrogens with zero attached hydrogens (tertiary/aromatic N) is 2. The fourth-order valence-electron chi connectivity index (χ4n) is 4.41. The maximum Gasteiger partial charge on any atom is 0.219 e. The van der Waals surface area contributed by atoms with Crippen LogP contribution in [0, 0.1) is 5.92 Å². The molecule has 0 radical (unpaired) electrons. The summed E-state index contributed by atoms with van der Waals surface area (Å²) in [5.74, 6) is 0.649. The Labute approximate surface area is 151 Å². The van der Waals surface area contributed by atoms with Crippen LogP contribution in [0.25, 0.3) is 0 Å². The molecule has 1 amide bonds. The minimum Gasteiger partial charge on any atom is -0.393 e. The van der Waals surface area contributed by atoms with Gasteiger partial charge in [-0.05, 0) is 63.1 Å². The Morgan fingerprint density at radius 1 is 1.08 bits per heavy atom. The molecule has 4 nitrogen and oxygen atoms in total. The molecule has 0 spiro atoms. The van der Waals surface area contributed by atoms with E-state index in [1.54, 1.807) is 6.92 Å². The molecule has 0 aliphatic carbocycles. The first-order valence-electron chi connectivity index (χ1n) is 9.85. The van der Waals surface area contributed by atoms with Crippen molar-refractivity contribution in [2.45, 2.75) is 57.6 Å². The number of likely N-dealkylation sites (tertiary alicyclic amines) is 2. The summed E-state index contributed by atoms with van der Waals surface area (Å²) in [7, 11) is 0. The summed E-state index contributed by atoms with van der Waals surface area (Å²) in [6.45, 7) is 5.66. The predicted molar refractivity (Wildman–Crippen MR) is 100 cm³/mol. The molecule has 1 aromatic carbocycles. The summed E-state index contributed by atoms with van der Waals surface area (Å²) < 4.78 is 0. The number of hydrogen-bond acceptors (Lipinski definition) is 3. The fourth-order valence-corrected chi connectivity index (χ4v) is 4.41. The number of benzene rings is 1. The molecular weight excluding hydrogens is 312 g/mol. The number of carbonyl (C=O) groups is 1. The number of carbonyl (C=O) groups excluding carboxylic acids is 1. The first kappa shape index (κ1) is 18.4. The van der Waals surface area contributed by atoms with Gasteiger partial charge < -0.3 is 14.9 Å². The maximum absolute atomic E-state index is 11.4. The van der Waals surface area contributed by atoms with E-state index in [2.05, 4.69) is 29.2 Å². The van der Waals surface area contributed by atoms with Crippen LogP contribution in [0.2, 0.25) is 0 Å². The first-order chi connectivity index (χ1) is 12.1. The highest BCUT2D eigenvalue weighted by molar-refractivity contribution is 5.73. The average Bonchev–Trinajstić information content (AvgIpc) is 2.67. The zero-order valence-electron chi connectivity index (χ0n) is 15.4. The van der Waals surface area contributed by atoms with Gasteiger partial charge >= 0.3 is 0 Å². The van der Waals surface area contributed by atoms with E-state index < -0.39 is 0 Å². The number of hydrogen-bond donors (Lipinski definition) is 1. The monoisotopic (exact) mass is 344 g/mol. The van der Waals surface area contributed by atoms with Crippen molar-refractivity contribution < 1.29 is 9.90 Å². The van der Waals surface area contributed by atoms with Crippen LogP contribution in [0.5, 0.6) is 0 Å². The number of piperidine rings is 2. The van der Waals surface area contributed by atoms with Gasteiger partial charge in [0.1, 0.15) is 0 Å². The van der Waals surface area contributed by atoms with E-state index in [0.29, 0.717) is 12.0 Å². The molecule has 0 aromatic heterocycles. The molecule has 2 aliphatic rings. The van der Waals surface area contributed by atoms with E-state index in [1.807, 2.05) is 11.0 Å². The smallest absolute Gasteiger partial charge is 0.219 e. The number of aliphatic hydroxyl groups excluding tert-OH is 1. The van der Waals surface area contributed by atoms with Gasteiger partial charge in [-0.3, -0.25) is 4.79 Å². The zero-order valence-corrected chi connectivity index (χ0v) is 15.4. The van der Waals surface area contributed by atoms with Gasteiger partial charge in [-0.25, -0.2) is 0 Å². The minimum atomic E-state index is -0.179. The van der Waals surface area contributed by atoms with Crippen LogP contribution >= 0.6 is 0 Å². The van der Waals surface area contributed by atoms with Crippen LogP contribution in [0.15, 0.2) is 30.3 Å². The fraction of sp³-hybridized carbons (Fsp3) is 0.667. The molecule has 0 bridgehead atoms. The van der Waals surface area contributed by atoms with Crippen molar-refractivity contribution in [3.8, 4) is 0 Å². The lowest BCUT2D eigenvalue weighted by molar-refractivity contribution is -0.130. The molecule has 138 valence electrons. The van der Waals surface area contributed by atoms with Crippen molar-refractivity contribution >= 4 is 5.91 Å². The molecule has 1 aromatic rings. The van der Waals surface area contributed by atoms with Gasteiger partial charge in [0.15, 0.2) is 0 Å². The topological polar surface area (TPSA) is 43.8 Å². The van der Waals surface area contributed by atoms with E-state index in [9.17, 15) is 9.90 Å². The van der Waals surface area contributed by atoms with Gasteiger partial charge in [0.2, 0.25) is 5.91 Å². The lowest BCUT2D eigenvalue weighted by Gasteiger charge is -2.42. The van der Waals surface area contributed by atoms with E-state index in [4.69, 9.17) is 0 Å². The van der Waals surface area contributed by atoms with Crippen molar-refractivity contribution in [2.24, 2.45) is 5.92 Å². The van der Waals surface area contributed by atoms with Crippen LogP contribution in [0.1, 0.15) is 44.6 Å². The zero-order chi connectivity index (χ0) is 17.6. The van der Waals surface area contributed by atoms with Gasteiger partial charge in [0, 0.05) is 26.1 Å². The number of aliphatic hydroxyl groups is 1. The quantitative estimate of drug-likeness (QED) is 0.893. The van der Waals surface area contributed by atoms with Crippen LogP contribution in [0.4, 0.5) is 0 Å². The second-order valence-electron chi connectivity index (χ2n) is 7.70. The highest BCUT2D eigenvalue weighted by Gasteiger charge is 2.30. The van der Waals surface area contributed by atoms with Crippen molar-refractivity contribution in [3.63, 3.8) is 0 Å². The Morgan fingerprint density at radius 2 is 1.72 bits per heavy atom. The van der Waals surface area contributed by atoms with E-state index >= 15 is 0 Å². The summed E-state index contributed by atoms with van der Waals surface area (Å²) in [6.07, 6.45) is 6.05. The number of amides is 1. The van der Waals surface area contributed by atoms with Crippen molar-refractivity contribution in [1.82, 2.24) is 9.80 Å². The SMILES string of the molecule is CC(=O)N1CCC(N2CCC([C@H](O)CCc3ccccc3)CC2)CC1. The highest BCUT2D eigenvalue weighted by Crippen LogP contribution is 2.27. The molecule has 2 aliphatic heterocycles. The third-order valence-electron chi connectivity index (χ3n) is 6.12. The van der Waals surface area contributed by atoms with Crippen molar-refractivity contribution in [1.29, 1.82) is 0 Å². The third-order valence-corrected chi connectivity index (χ3v) is 6.12. The summed E-state index contributed by atoms with van der Waals surface area (Å²) in [5, 5.41) is 10.6. The average molecular weight is 344 g/mol. The summed E-state index contributed by atoms with van der Waals surface area (Å²) in [5.41, 5.74) is 1.32. The van der Waals surface area contributed by atoms with Gasteiger partial charge in [-0.1, -0.05) is 30.3 Å². The molecule has 2 heterocycles. The molecule has 1 atom stereocenters. The number of rotatable bonds is 5. The summed E-state index contributed by atoms with van der Waals surface area (Å²) >= 11 is 0. The van der Waals surface area contributed by atoms with E-state index in [-0.39, 0.29) is 12.0 Å². The highest BCUT2D eigenvalue weighted by atomic mass is 16.3. The second kappa shape index (κ2) is 8.81. The van der Waals surface area contributed by atoms with Gasteiger partial charge in [0.25, 0.3) is 0 Å². The Balaban J connectivity index is 1.39. The standard InChI is InChI=1S/C21H32N2O2/c1-17(24)22-15-11-20(12-16-22)23-13-9-19(10-14-23)21(25)8-7-18-5-3-2-4-6-18/h2-6,19-21,25H,7-16H2,1H3/t21-/m1/s1. The van der Waals surface area contributed by atoms with Gasteiger partial charge in [-0.2, -0.15) is 0 Å². The van der Waals surface area contributed by atoms with Crippen LogP contribution in [-0.4, -0.2) is 59.1 Å². The first-order valence-corrected chi connectivity index (χ1v) is 9.85. The Hall–Kier alpha value is -1.39. The van der Waals surface area contributed by atoms with Gasteiger partial charge in [-0.15, -0.1) is 0 Å². The molecule has 2 saturated heterocycles. The Kier molecular flexibility index (Phi) is 6.49. The molecule has 2 fully saturated rings. The minimum absolute atomic E-state index is 0.179. The second-order valence-corrected chi connectivity index (χ2v) is 7.70. The number of aryl methyl sites for hydroxylation is 1. The largest absolute Gasteiger partial charge is 0.393 e. The molecule has 25 heavy (non-hydrogen) atoms. The molecule has 4 heteroatoms. The molecule has 0 unspecified atom stereocenters. The molecular formula is C21H32N2O2. The predicted octanol–water partition coefficient (Wildman–Crippen LogP) is 2.70. The summed E-state index contributed by atoms with van der Waals surface area (Å²) in [6, 6.07) is 11.1. The van der Waals surface area contributed by atoms with E-state index in [1.165, 1.54) is 5.56 Å². The van der Waals surface area contributed by atoms with Crippen molar-refractivity contribution in [3.05, 3.63) is 35.9 Å². The van der Waals surface area contributed by atoms with Gasteiger partial charge in [0.05, 0.1) is 6.10 Å². The van der Waals surface area contributed by atoms with E-state index in [0.717, 1.165) is 64.7 Å². The van der Waals surface area contributed by atoms with Crippen LogP contribution < -0.4 is 0 Å². The Bertz CT molecular complexity index is 532. The maximum atomic E-state index is 11.4. The molecule has 3 rings (SSSR count). The van der Waals surface area contributed by atoms with Crippen molar-refractivity contribution in [2.75, 3.05) is 26.2 Å². The summed E-state index contributed by atoms with van der Waals surface area (Å²) in [4.78, 5) is 16.0. The third kappa shape index (κ3) is 5.05. The molecule has 1 N–H and O–H groups in total. The lowest BCUT2D eigenvalue weighted by atomic mass is 9.87. The molecule has 0 saturated carbocycles. The Morgan fingerprint density at radius 3 is 2.32 bits per heavy atom. The van der Waals surface area contributed by atoms with Crippen LogP contribution in [-0.2, 0) is 11.2 Å².